The second-order valence-electron chi connectivity index (χ2n) is 16.0. The quantitative estimate of drug-likeness (QED) is 0.155. The number of ether oxygens (including phenoxy) is 1. The van der Waals surface area contributed by atoms with Crippen molar-refractivity contribution >= 4 is 10.8 Å². The summed E-state index contributed by atoms with van der Waals surface area (Å²) in [5.74, 6) is 0.827. The van der Waals surface area contributed by atoms with Crippen molar-refractivity contribution in [3.8, 4) is 72.6 Å². The number of hydrogen-bond acceptors (Lipinski definition) is 2. The molecule has 2 heteroatoms. The first-order valence-electron chi connectivity index (χ1n) is 19.7. The van der Waals surface area contributed by atoms with Gasteiger partial charge in [-0.1, -0.05) is 172 Å². The van der Waals surface area contributed by atoms with Gasteiger partial charge in [-0.25, -0.2) is 0 Å². The summed E-state index contributed by atoms with van der Waals surface area (Å²) in [7, 11) is 1.73. The van der Waals surface area contributed by atoms with Crippen molar-refractivity contribution in [1.82, 2.24) is 4.98 Å². The second kappa shape index (κ2) is 15.1. The van der Waals surface area contributed by atoms with Crippen molar-refractivity contribution in [3.05, 3.63) is 180 Å². The van der Waals surface area contributed by atoms with Crippen LogP contribution in [0, 0.1) is 13.8 Å². The van der Waals surface area contributed by atoms with Crippen molar-refractivity contribution in [2.24, 2.45) is 0 Å². The number of methoxy groups -OCH3 is 1. The smallest absolute Gasteiger partial charge is 0.118 e. The number of pyridine rings is 1. The molecule has 276 valence electrons. The summed E-state index contributed by atoms with van der Waals surface area (Å²) in [6.07, 6.45) is 3.08. The van der Waals surface area contributed by atoms with Gasteiger partial charge in [0, 0.05) is 33.7 Å². The van der Waals surface area contributed by atoms with E-state index in [9.17, 15) is 0 Å². The molecule has 0 radical (unpaired) electrons. The van der Waals surface area contributed by atoms with E-state index in [2.05, 4.69) is 199 Å². The van der Waals surface area contributed by atoms with Crippen LogP contribution in [0.25, 0.3) is 77.7 Å². The van der Waals surface area contributed by atoms with Crippen LogP contribution in [0.15, 0.2) is 158 Å². The number of hydrogen-bond donors (Lipinski definition) is 0. The maximum Gasteiger partial charge on any atom is 0.118 e. The molecule has 1 heterocycles. The summed E-state index contributed by atoms with van der Waals surface area (Å²) in [5, 5.41) is 2.32. The standard InChI is InChI=1S/C54H49NO/c1-8-37-19-23-40(24-20-37)50-48(41-25-29-44(30-26-41)54(4,5)6)47(42-27-31-45(56-7)32-28-42)49(39-14-10-9-11-15-39)51-46(38-21-17-35(2)18-22-38)34-55-53(52(50)51)43-16-12-13-36(3)33-43/h9-34H,8H2,1-7H3. The highest BCUT2D eigenvalue weighted by atomic mass is 16.5. The molecule has 0 atom stereocenters. The minimum atomic E-state index is 0.0138. The SMILES string of the molecule is CCc1ccc(-c2c(-c3ccc(C(C)(C)C)cc3)c(-c3ccc(OC)cc3)c(-c3ccccc3)c3c(-c4ccc(C)cc4)cnc(-c4cccc(C)c4)c23)cc1. The van der Waals surface area contributed by atoms with Crippen molar-refractivity contribution in [2.75, 3.05) is 7.11 Å². The Hall–Kier alpha value is -6.25. The Kier molecular flexibility index (Phi) is 9.91. The summed E-state index contributed by atoms with van der Waals surface area (Å²) in [4.78, 5) is 5.46. The first-order chi connectivity index (χ1) is 27.1. The van der Waals surface area contributed by atoms with Crippen LogP contribution in [-0.2, 0) is 11.8 Å². The molecule has 56 heavy (non-hydrogen) atoms. The van der Waals surface area contributed by atoms with Gasteiger partial charge in [0.05, 0.1) is 12.8 Å². The molecule has 0 aliphatic rings. The molecule has 8 rings (SSSR count). The van der Waals surface area contributed by atoms with E-state index in [0.29, 0.717) is 0 Å². The zero-order valence-corrected chi connectivity index (χ0v) is 33.6. The Morgan fingerprint density at radius 1 is 0.500 bits per heavy atom. The average Bonchev–Trinajstić information content (AvgIpc) is 3.23. The Morgan fingerprint density at radius 2 is 1.04 bits per heavy atom. The lowest BCUT2D eigenvalue weighted by atomic mass is 9.76. The lowest BCUT2D eigenvalue weighted by molar-refractivity contribution is 0.415. The van der Waals surface area contributed by atoms with Gasteiger partial charge in [0.25, 0.3) is 0 Å². The van der Waals surface area contributed by atoms with Gasteiger partial charge < -0.3 is 4.74 Å². The average molecular weight is 728 g/mol. The fourth-order valence-electron chi connectivity index (χ4n) is 8.04. The molecule has 0 spiro atoms. The van der Waals surface area contributed by atoms with Gasteiger partial charge in [0.15, 0.2) is 0 Å². The van der Waals surface area contributed by atoms with E-state index in [4.69, 9.17) is 9.72 Å². The van der Waals surface area contributed by atoms with E-state index in [1.165, 1.54) is 49.9 Å². The lowest BCUT2D eigenvalue weighted by Gasteiger charge is -2.27. The van der Waals surface area contributed by atoms with E-state index in [1.54, 1.807) is 7.11 Å². The van der Waals surface area contributed by atoms with Crippen LogP contribution in [-0.4, -0.2) is 12.1 Å². The van der Waals surface area contributed by atoms with Gasteiger partial charge in [0.2, 0.25) is 0 Å². The summed E-state index contributed by atoms with van der Waals surface area (Å²) < 4.78 is 5.72. The van der Waals surface area contributed by atoms with Crippen LogP contribution in [0.5, 0.6) is 5.75 Å². The van der Waals surface area contributed by atoms with E-state index in [-0.39, 0.29) is 5.41 Å². The Morgan fingerprint density at radius 3 is 1.62 bits per heavy atom. The maximum absolute atomic E-state index is 5.72. The summed E-state index contributed by atoms with van der Waals surface area (Å²) in [6.45, 7) is 13.4. The topological polar surface area (TPSA) is 22.1 Å². The predicted molar refractivity (Wildman–Crippen MR) is 238 cm³/mol. The Balaban J connectivity index is 1.69. The highest BCUT2D eigenvalue weighted by Crippen LogP contribution is 2.55. The molecule has 0 saturated heterocycles. The molecule has 0 saturated carbocycles. The summed E-state index contributed by atoms with van der Waals surface area (Å²) >= 11 is 0. The van der Waals surface area contributed by atoms with Crippen molar-refractivity contribution in [1.29, 1.82) is 0 Å². The van der Waals surface area contributed by atoms with Crippen LogP contribution in [0.2, 0.25) is 0 Å². The van der Waals surface area contributed by atoms with Crippen LogP contribution < -0.4 is 4.74 Å². The molecule has 8 aromatic rings. The number of rotatable bonds is 8. The highest BCUT2D eigenvalue weighted by molar-refractivity contribution is 6.24. The predicted octanol–water partition coefficient (Wildman–Crippen LogP) is 14.7. The van der Waals surface area contributed by atoms with Crippen molar-refractivity contribution in [3.63, 3.8) is 0 Å². The zero-order valence-electron chi connectivity index (χ0n) is 33.6. The molecule has 0 aliphatic heterocycles. The fraction of sp³-hybridized carbons (Fsp3) is 0.167. The first kappa shape index (κ1) is 36.7. The molecular formula is C54H49NO. The van der Waals surface area contributed by atoms with Gasteiger partial charge in [0.1, 0.15) is 5.75 Å². The molecule has 0 unspecified atom stereocenters. The zero-order chi connectivity index (χ0) is 39.0. The van der Waals surface area contributed by atoms with Gasteiger partial charge in [-0.15, -0.1) is 0 Å². The number of aryl methyl sites for hydroxylation is 3. The first-order valence-corrected chi connectivity index (χ1v) is 19.7. The number of nitrogens with zero attached hydrogens (tertiary/aromatic N) is 1. The molecule has 0 amide bonds. The minimum Gasteiger partial charge on any atom is -0.497 e. The maximum atomic E-state index is 5.72. The third-order valence-corrected chi connectivity index (χ3v) is 11.1. The normalized spacial score (nSPS) is 11.6. The van der Waals surface area contributed by atoms with E-state index < -0.39 is 0 Å². The molecule has 0 fully saturated rings. The fourth-order valence-corrected chi connectivity index (χ4v) is 8.04. The molecular weight excluding hydrogens is 679 g/mol. The third kappa shape index (κ3) is 6.93. The largest absolute Gasteiger partial charge is 0.497 e. The molecule has 0 bridgehead atoms. The summed E-state index contributed by atoms with van der Waals surface area (Å²) in [6, 6.07) is 55.7. The molecule has 1 aromatic heterocycles. The second-order valence-corrected chi connectivity index (χ2v) is 16.0. The van der Waals surface area contributed by atoms with E-state index in [1.807, 2.05) is 0 Å². The lowest BCUT2D eigenvalue weighted by Crippen LogP contribution is -2.10. The van der Waals surface area contributed by atoms with Crippen LogP contribution >= 0.6 is 0 Å². The monoisotopic (exact) mass is 727 g/mol. The summed E-state index contributed by atoms with van der Waals surface area (Å²) in [5.41, 5.74) is 18.7. The van der Waals surface area contributed by atoms with E-state index >= 15 is 0 Å². The van der Waals surface area contributed by atoms with Gasteiger partial charge in [-0.2, -0.15) is 0 Å². The molecule has 0 aliphatic carbocycles. The van der Waals surface area contributed by atoms with E-state index in [0.717, 1.165) is 62.2 Å². The minimum absolute atomic E-state index is 0.0138. The van der Waals surface area contributed by atoms with Crippen molar-refractivity contribution < 1.29 is 4.74 Å². The van der Waals surface area contributed by atoms with Crippen LogP contribution in [0.3, 0.4) is 0 Å². The van der Waals surface area contributed by atoms with Gasteiger partial charge in [-0.3, -0.25) is 4.98 Å². The third-order valence-electron chi connectivity index (χ3n) is 11.1. The number of benzene rings is 7. The Labute approximate surface area is 332 Å². The van der Waals surface area contributed by atoms with Crippen LogP contribution in [0.1, 0.15) is 49.9 Å². The van der Waals surface area contributed by atoms with Crippen molar-refractivity contribution in [2.45, 2.75) is 53.4 Å². The Bertz CT molecular complexity index is 2650. The number of aromatic nitrogens is 1. The number of fused-ring (bicyclic) bond motifs is 1. The van der Waals surface area contributed by atoms with Crippen LogP contribution in [0.4, 0.5) is 0 Å². The highest BCUT2D eigenvalue weighted by Gasteiger charge is 2.29. The van der Waals surface area contributed by atoms with Gasteiger partial charge >= 0.3 is 0 Å². The molecule has 2 nitrogen and oxygen atoms in total. The van der Waals surface area contributed by atoms with Gasteiger partial charge in [-0.05, 0) is 99.5 Å². The molecule has 7 aromatic carbocycles. The molecule has 0 N–H and O–H groups in total.